The summed E-state index contributed by atoms with van der Waals surface area (Å²) in [5.41, 5.74) is 6.32. The van der Waals surface area contributed by atoms with Crippen molar-refractivity contribution in [2.45, 2.75) is 52.6 Å². The topological polar surface area (TPSA) is 3.24 Å². The Morgan fingerprint density at radius 2 is 0.852 bits per heavy atom. The van der Waals surface area contributed by atoms with Gasteiger partial charge in [0.15, 0.2) is 0 Å². The summed E-state index contributed by atoms with van der Waals surface area (Å²) in [4.78, 5) is 2.57. The summed E-state index contributed by atoms with van der Waals surface area (Å²) in [5, 5.41) is 0. The van der Waals surface area contributed by atoms with Crippen LogP contribution in [-0.4, -0.2) is 11.1 Å². The zero-order valence-corrected chi connectivity index (χ0v) is 17.5. The van der Waals surface area contributed by atoms with E-state index < -0.39 is 0 Å². The van der Waals surface area contributed by atoms with Crippen LogP contribution in [0.5, 0.6) is 0 Å². The fourth-order valence-corrected chi connectivity index (χ4v) is 4.16. The van der Waals surface area contributed by atoms with Gasteiger partial charge in [0.25, 0.3) is 0 Å². The highest BCUT2D eigenvalue weighted by atomic mass is 15.2. The summed E-state index contributed by atoms with van der Waals surface area (Å²) < 4.78 is 0. The SMILES string of the molecule is CC(C)(C)N(c1c(-c2ccccc2)cccc1-c1ccccc1)C(C)(C)C. The van der Waals surface area contributed by atoms with Crippen molar-refractivity contribution in [1.82, 2.24) is 0 Å². The molecule has 3 aromatic carbocycles. The third kappa shape index (κ3) is 4.08. The zero-order valence-electron chi connectivity index (χ0n) is 17.5. The maximum atomic E-state index is 2.57. The van der Waals surface area contributed by atoms with E-state index in [1.165, 1.54) is 27.9 Å². The van der Waals surface area contributed by atoms with Gasteiger partial charge in [0, 0.05) is 22.2 Å². The highest BCUT2D eigenvalue weighted by molar-refractivity contribution is 5.92. The lowest BCUT2D eigenvalue weighted by molar-refractivity contribution is 0.381. The summed E-state index contributed by atoms with van der Waals surface area (Å²) in [6.07, 6.45) is 0. The Hall–Kier alpha value is -2.54. The minimum atomic E-state index is -0.0212. The number of nitrogens with zero attached hydrogens (tertiary/aromatic N) is 1. The Morgan fingerprint density at radius 1 is 0.481 bits per heavy atom. The highest BCUT2D eigenvalue weighted by Gasteiger charge is 2.34. The molecule has 3 aromatic rings. The zero-order chi connectivity index (χ0) is 19.7. The molecular weight excluding hydrogens is 326 g/mol. The quantitative estimate of drug-likeness (QED) is 0.471. The Labute approximate surface area is 164 Å². The van der Waals surface area contributed by atoms with E-state index in [9.17, 15) is 0 Å². The summed E-state index contributed by atoms with van der Waals surface area (Å²) in [5.74, 6) is 0. The highest BCUT2D eigenvalue weighted by Crippen LogP contribution is 2.45. The third-order valence-electron chi connectivity index (χ3n) is 4.77. The molecule has 0 bridgehead atoms. The number of para-hydroxylation sites is 1. The second-order valence-electron chi connectivity index (χ2n) is 9.11. The maximum absolute atomic E-state index is 2.57. The molecule has 0 saturated carbocycles. The van der Waals surface area contributed by atoms with Crippen molar-refractivity contribution in [2.24, 2.45) is 0 Å². The van der Waals surface area contributed by atoms with Gasteiger partial charge in [-0.3, -0.25) is 0 Å². The van der Waals surface area contributed by atoms with Crippen molar-refractivity contribution in [3.63, 3.8) is 0 Å². The van der Waals surface area contributed by atoms with Gasteiger partial charge in [-0.05, 0) is 52.7 Å². The van der Waals surface area contributed by atoms with Crippen LogP contribution in [0, 0.1) is 0 Å². The van der Waals surface area contributed by atoms with Gasteiger partial charge in [-0.25, -0.2) is 0 Å². The average molecular weight is 358 g/mol. The van der Waals surface area contributed by atoms with Crippen LogP contribution in [-0.2, 0) is 0 Å². The van der Waals surface area contributed by atoms with Crippen LogP contribution in [0.1, 0.15) is 41.5 Å². The molecule has 0 atom stereocenters. The van der Waals surface area contributed by atoms with Gasteiger partial charge in [0.05, 0.1) is 5.69 Å². The minimum Gasteiger partial charge on any atom is -0.361 e. The molecule has 0 unspecified atom stereocenters. The maximum Gasteiger partial charge on any atom is 0.0534 e. The van der Waals surface area contributed by atoms with Crippen LogP contribution in [0.15, 0.2) is 78.9 Å². The van der Waals surface area contributed by atoms with E-state index in [2.05, 4.69) is 125 Å². The molecule has 27 heavy (non-hydrogen) atoms. The molecule has 0 amide bonds. The standard InChI is InChI=1S/C26H31N/c1-25(2,3)27(26(4,5)6)24-22(20-14-9-7-10-15-20)18-13-19-23(24)21-16-11-8-12-17-21/h7-19H,1-6H3. The Morgan fingerprint density at radius 3 is 1.19 bits per heavy atom. The van der Waals surface area contributed by atoms with E-state index in [-0.39, 0.29) is 11.1 Å². The van der Waals surface area contributed by atoms with E-state index in [1.807, 2.05) is 0 Å². The lowest BCUT2D eigenvalue weighted by Crippen LogP contribution is -2.53. The van der Waals surface area contributed by atoms with Crippen molar-refractivity contribution in [3.05, 3.63) is 78.9 Å². The van der Waals surface area contributed by atoms with Crippen molar-refractivity contribution in [1.29, 1.82) is 0 Å². The van der Waals surface area contributed by atoms with E-state index in [4.69, 9.17) is 0 Å². The molecule has 0 N–H and O–H groups in total. The fraction of sp³-hybridized carbons (Fsp3) is 0.308. The van der Waals surface area contributed by atoms with Gasteiger partial charge < -0.3 is 4.90 Å². The second-order valence-corrected chi connectivity index (χ2v) is 9.11. The molecule has 1 heteroatoms. The van der Waals surface area contributed by atoms with Gasteiger partial charge in [0.2, 0.25) is 0 Å². The molecule has 0 saturated heterocycles. The summed E-state index contributed by atoms with van der Waals surface area (Å²) in [7, 11) is 0. The van der Waals surface area contributed by atoms with Gasteiger partial charge in [-0.2, -0.15) is 0 Å². The Bertz CT molecular complexity index is 809. The molecule has 0 heterocycles. The second kappa shape index (κ2) is 7.23. The van der Waals surface area contributed by atoms with Crippen molar-refractivity contribution < 1.29 is 0 Å². The van der Waals surface area contributed by atoms with E-state index in [0.717, 1.165) is 0 Å². The molecule has 1 nitrogen and oxygen atoms in total. The van der Waals surface area contributed by atoms with Crippen molar-refractivity contribution in [3.8, 4) is 22.3 Å². The number of anilines is 1. The summed E-state index contributed by atoms with van der Waals surface area (Å²) >= 11 is 0. The molecule has 0 radical (unpaired) electrons. The van der Waals surface area contributed by atoms with Gasteiger partial charge in [-0.1, -0.05) is 78.9 Å². The molecule has 0 aliphatic rings. The first kappa shape index (κ1) is 19.2. The minimum absolute atomic E-state index is 0.0212. The van der Waals surface area contributed by atoms with Gasteiger partial charge >= 0.3 is 0 Å². The number of rotatable bonds is 3. The van der Waals surface area contributed by atoms with Gasteiger partial charge in [-0.15, -0.1) is 0 Å². The molecule has 140 valence electrons. The van der Waals surface area contributed by atoms with Gasteiger partial charge in [0.1, 0.15) is 0 Å². The molecule has 0 fully saturated rings. The van der Waals surface area contributed by atoms with E-state index >= 15 is 0 Å². The molecule has 0 spiro atoms. The van der Waals surface area contributed by atoms with Crippen LogP contribution in [0.4, 0.5) is 5.69 Å². The first-order valence-electron chi connectivity index (χ1n) is 9.74. The number of benzene rings is 3. The predicted molar refractivity (Wildman–Crippen MR) is 119 cm³/mol. The lowest BCUT2D eigenvalue weighted by atomic mass is 9.88. The molecular formula is C26H31N. The molecule has 3 rings (SSSR count). The summed E-state index contributed by atoms with van der Waals surface area (Å²) in [6.45, 7) is 13.8. The molecule has 0 aliphatic heterocycles. The van der Waals surface area contributed by atoms with E-state index in [1.54, 1.807) is 0 Å². The van der Waals surface area contributed by atoms with Crippen LogP contribution in [0.25, 0.3) is 22.3 Å². The average Bonchev–Trinajstić information content (AvgIpc) is 2.61. The van der Waals surface area contributed by atoms with E-state index in [0.29, 0.717) is 0 Å². The first-order valence-corrected chi connectivity index (χ1v) is 9.74. The molecule has 0 aliphatic carbocycles. The van der Waals surface area contributed by atoms with Crippen molar-refractivity contribution >= 4 is 5.69 Å². The smallest absolute Gasteiger partial charge is 0.0534 e. The normalized spacial score (nSPS) is 12.1. The largest absolute Gasteiger partial charge is 0.361 e. The van der Waals surface area contributed by atoms with Crippen LogP contribution in [0.2, 0.25) is 0 Å². The predicted octanol–water partition coefficient (Wildman–Crippen LogP) is 7.42. The Balaban J connectivity index is 2.38. The third-order valence-corrected chi connectivity index (χ3v) is 4.77. The van der Waals surface area contributed by atoms with Crippen molar-refractivity contribution in [2.75, 3.05) is 4.90 Å². The van der Waals surface area contributed by atoms with Crippen LogP contribution >= 0.6 is 0 Å². The lowest BCUT2D eigenvalue weighted by Gasteiger charge is -2.49. The first-order chi connectivity index (χ1) is 12.7. The monoisotopic (exact) mass is 357 g/mol. The molecule has 0 aromatic heterocycles. The number of hydrogen-bond donors (Lipinski definition) is 0. The fourth-order valence-electron chi connectivity index (χ4n) is 4.16. The van der Waals surface area contributed by atoms with Crippen LogP contribution < -0.4 is 4.90 Å². The Kier molecular flexibility index (Phi) is 5.15. The summed E-state index contributed by atoms with van der Waals surface area (Å²) in [6, 6.07) is 28.1. The number of hydrogen-bond acceptors (Lipinski definition) is 1. The van der Waals surface area contributed by atoms with Crippen LogP contribution in [0.3, 0.4) is 0 Å².